The minimum atomic E-state index is -0.348. The molecule has 0 unspecified atom stereocenters. The number of hydrogen-bond acceptors (Lipinski definition) is 5. The molecule has 2 aliphatic rings. The van der Waals surface area contributed by atoms with E-state index in [0.717, 1.165) is 49.6 Å². The van der Waals surface area contributed by atoms with Gasteiger partial charge in [0.2, 0.25) is 5.91 Å². The molecule has 0 aliphatic carbocycles. The fourth-order valence-electron chi connectivity index (χ4n) is 3.90. The van der Waals surface area contributed by atoms with Gasteiger partial charge < -0.3 is 4.90 Å². The first kappa shape index (κ1) is 14.4. The molecular formula is C17H20N4O2. The Kier molecular flexibility index (Phi) is 3.23. The maximum Gasteiger partial charge on any atom is 0.237 e. The third-order valence-electron chi connectivity index (χ3n) is 5.32. The number of carbonyl (C=O) groups is 1. The summed E-state index contributed by atoms with van der Waals surface area (Å²) in [7, 11) is 1.88. The van der Waals surface area contributed by atoms with Gasteiger partial charge in [0.05, 0.1) is 5.41 Å². The molecule has 1 fully saturated rings. The van der Waals surface area contributed by atoms with E-state index in [0.29, 0.717) is 0 Å². The fraction of sp³-hybridized carbons (Fsp3) is 0.471. The first-order valence-electron chi connectivity index (χ1n) is 8.00. The Labute approximate surface area is 135 Å². The second kappa shape index (κ2) is 5.16. The van der Waals surface area contributed by atoms with E-state index >= 15 is 0 Å². The number of likely N-dealkylation sites (tertiary alicyclic amines) is 1. The summed E-state index contributed by atoms with van der Waals surface area (Å²) in [6, 6.07) is 8.18. The van der Waals surface area contributed by atoms with Crippen molar-refractivity contribution in [1.82, 2.24) is 15.2 Å². The highest BCUT2D eigenvalue weighted by Crippen LogP contribution is 2.47. The number of anilines is 1. The zero-order chi connectivity index (χ0) is 16.0. The summed E-state index contributed by atoms with van der Waals surface area (Å²) in [4.78, 5) is 17.0. The number of rotatable bonds is 2. The summed E-state index contributed by atoms with van der Waals surface area (Å²) in [6.07, 6.45) is 1.69. The topological polar surface area (TPSA) is 62.5 Å². The van der Waals surface area contributed by atoms with Gasteiger partial charge in [0, 0.05) is 19.3 Å². The molecule has 0 radical (unpaired) electrons. The van der Waals surface area contributed by atoms with Gasteiger partial charge in [-0.05, 0) is 44.5 Å². The summed E-state index contributed by atoms with van der Waals surface area (Å²) < 4.78 is 4.77. The molecule has 4 rings (SSSR count). The summed E-state index contributed by atoms with van der Waals surface area (Å²) >= 11 is 0. The van der Waals surface area contributed by atoms with Crippen LogP contribution in [0.5, 0.6) is 0 Å². The van der Waals surface area contributed by atoms with Crippen LogP contribution in [0.2, 0.25) is 0 Å². The van der Waals surface area contributed by atoms with E-state index in [9.17, 15) is 4.79 Å². The van der Waals surface area contributed by atoms with Crippen molar-refractivity contribution in [2.45, 2.75) is 31.7 Å². The Balaban J connectivity index is 1.55. The number of piperidine rings is 1. The van der Waals surface area contributed by atoms with E-state index in [2.05, 4.69) is 21.3 Å². The molecule has 120 valence electrons. The Bertz CT molecular complexity index is 747. The zero-order valence-electron chi connectivity index (χ0n) is 13.5. The van der Waals surface area contributed by atoms with Gasteiger partial charge in [0.25, 0.3) is 0 Å². The van der Waals surface area contributed by atoms with E-state index in [1.807, 2.05) is 37.1 Å². The van der Waals surface area contributed by atoms with Crippen LogP contribution < -0.4 is 4.90 Å². The van der Waals surface area contributed by atoms with Crippen molar-refractivity contribution in [2.75, 3.05) is 25.0 Å². The van der Waals surface area contributed by atoms with Gasteiger partial charge in [-0.25, -0.2) is 4.63 Å². The first-order valence-corrected chi connectivity index (χ1v) is 8.00. The quantitative estimate of drug-likeness (QED) is 0.847. The van der Waals surface area contributed by atoms with Gasteiger partial charge in [-0.15, -0.1) is 0 Å². The number of fused-ring (bicyclic) bond motifs is 2. The average molecular weight is 312 g/mol. The fourth-order valence-corrected chi connectivity index (χ4v) is 3.90. The van der Waals surface area contributed by atoms with Crippen molar-refractivity contribution in [3.8, 4) is 0 Å². The van der Waals surface area contributed by atoms with Gasteiger partial charge in [0.15, 0.2) is 0 Å². The summed E-state index contributed by atoms with van der Waals surface area (Å²) in [5.41, 5.74) is 3.62. The van der Waals surface area contributed by atoms with Crippen LogP contribution in [0.25, 0.3) is 0 Å². The number of hydrogen-bond donors (Lipinski definition) is 0. The average Bonchev–Trinajstić information content (AvgIpc) is 3.07. The number of para-hydroxylation sites is 1. The SMILES string of the molecule is Cc1nonc1CN1CCC2(CC1)C(=O)N(C)c1ccccc12. The molecule has 3 heterocycles. The molecule has 0 bridgehead atoms. The molecule has 1 aromatic heterocycles. The monoisotopic (exact) mass is 312 g/mol. The van der Waals surface area contributed by atoms with Crippen molar-refractivity contribution in [1.29, 1.82) is 0 Å². The molecule has 6 heteroatoms. The summed E-state index contributed by atoms with van der Waals surface area (Å²) in [6.45, 7) is 4.39. The van der Waals surface area contributed by atoms with E-state index < -0.39 is 0 Å². The Hall–Kier alpha value is -2.21. The number of aryl methyl sites for hydroxylation is 1. The lowest BCUT2D eigenvalue weighted by Gasteiger charge is -2.38. The lowest BCUT2D eigenvalue weighted by molar-refractivity contribution is -0.124. The lowest BCUT2D eigenvalue weighted by atomic mass is 9.73. The van der Waals surface area contributed by atoms with Crippen LogP contribution in [-0.2, 0) is 16.8 Å². The van der Waals surface area contributed by atoms with E-state index in [1.54, 1.807) is 0 Å². The number of likely N-dealkylation sites (N-methyl/N-ethyl adjacent to an activating group) is 1. The molecule has 23 heavy (non-hydrogen) atoms. The molecule has 2 aliphatic heterocycles. The van der Waals surface area contributed by atoms with Crippen molar-refractivity contribution in [2.24, 2.45) is 0 Å². The number of nitrogens with zero attached hydrogens (tertiary/aromatic N) is 4. The van der Waals surface area contributed by atoms with Gasteiger partial charge in [-0.1, -0.05) is 28.5 Å². The minimum Gasteiger partial charge on any atom is -0.314 e. The number of carbonyl (C=O) groups excluding carboxylic acids is 1. The largest absolute Gasteiger partial charge is 0.314 e. The number of benzene rings is 1. The highest BCUT2D eigenvalue weighted by molar-refractivity contribution is 6.07. The highest BCUT2D eigenvalue weighted by atomic mass is 16.6. The molecular weight excluding hydrogens is 292 g/mol. The highest BCUT2D eigenvalue weighted by Gasteiger charge is 2.50. The van der Waals surface area contributed by atoms with Gasteiger partial charge in [0.1, 0.15) is 11.4 Å². The van der Waals surface area contributed by atoms with E-state index in [4.69, 9.17) is 4.63 Å². The van der Waals surface area contributed by atoms with Gasteiger partial charge in [-0.2, -0.15) is 0 Å². The van der Waals surface area contributed by atoms with Crippen LogP contribution >= 0.6 is 0 Å². The smallest absolute Gasteiger partial charge is 0.237 e. The summed E-state index contributed by atoms with van der Waals surface area (Å²) in [5, 5.41) is 7.79. The van der Waals surface area contributed by atoms with Crippen LogP contribution in [0, 0.1) is 6.92 Å². The van der Waals surface area contributed by atoms with Gasteiger partial charge in [-0.3, -0.25) is 9.69 Å². The standard InChI is InChI=1S/C17H20N4O2/c1-12-14(19-23-18-12)11-21-9-7-17(8-10-21)13-5-3-4-6-15(13)20(2)16(17)22/h3-6H,7-11H2,1-2H3. The van der Waals surface area contributed by atoms with Gasteiger partial charge >= 0.3 is 0 Å². The second-order valence-corrected chi connectivity index (χ2v) is 6.54. The molecule has 0 N–H and O–H groups in total. The molecule has 1 aromatic carbocycles. The van der Waals surface area contributed by atoms with Crippen LogP contribution in [0.4, 0.5) is 5.69 Å². The van der Waals surface area contributed by atoms with Crippen LogP contribution in [0.15, 0.2) is 28.9 Å². The maximum absolute atomic E-state index is 12.9. The third-order valence-corrected chi connectivity index (χ3v) is 5.32. The first-order chi connectivity index (χ1) is 11.1. The van der Waals surface area contributed by atoms with Crippen LogP contribution in [0.1, 0.15) is 29.8 Å². The Morgan fingerprint density at radius 3 is 2.65 bits per heavy atom. The van der Waals surface area contributed by atoms with E-state index in [-0.39, 0.29) is 11.3 Å². The lowest BCUT2D eigenvalue weighted by Crippen LogP contribution is -2.47. The Morgan fingerprint density at radius 2 is 1.96 bits per heavy atom. The summed E-state index contributed by atoms with van der Waals surface area (Å²) in [5.74, 6) is 0.234. The molecule has 1 saturated heterocycles. The zero-order valence-corrected chi connectivity index (χ0v) is 13.5. The Morgan fingerprint density at radius 1 is 1.22 bits per heavy atom. The van der Waals surface area contributed by atoms with Crippen LogP contribution in [-0.4, -0.2) is 41.3 Å². The maximum atomic E-state index is 12.9. The van der Waals surface area contributed by atoms with Crippen LogP contribution in [0.3, 0.4) is 0 Å². The predicted molar refractivity (Wildman–Crippen MR) is 85.1 cm³/mol. The number of amides is 1. The number of aromatic nitrogens is 2. The molecule has 0 saturated carbocycles. The van der Waals surface area contributed by atoms with Crippen molar-refractivity contribution >= 4 is 11.6 Å². The third kappa shape index (κ3) is 2.09. The molecule has 2 aromatic rings. The van der Waals surface area contributed by atoms with Crippen molar-refractivity contribution < 1.29 is 9.42 Å². The second-order valence-electron chi connectivity index (χ2n) is 6.54. The van der Waals surface area contributed by atoms with Crippen molar-refractivity contribution in [3.05, 3.63) is 41.2 Å². The predicted octanol–water partition coefficient (Wildman–Crippen LogP) is 1.89. The molecule has 6 nitrogen and oxygen atoms in total. The van der Waals surface area contributed by atoms with E-state index in [1.165, 1.54) is 5.56 Å². The molecule has 1 amide bonds. The molecule has 1 spiro atoms. The molecule has 0 atom stereocenters. The van der Waals surface area contributed by atoms with Crippen molar-refractivity contribution in [3.63, 3.8) is 0 Å². The normalized spacial score (nSPS) is 20.3. The minimum absolute atomic E-state index is 0.234.